The van der Waals surface area contributed by atoms with Crippen molar-refractivity contribution in [1.82, 2.24) is 5.32 Å². The summed E-state index contributed by atoms with van der Waals surface area (Å²) in [5.74, 6) is 0.658. The first kappa shape index (κ1) is 17.0. The molecule has 3 N–H and O–H groups in total. The molecule has 0 aromatic heterocycles. The molecule has 2 rings (SSSR count). The van der Waals surface area contributed by atoms with Crippen molar-refractivity contribution in [2.24, 2.45) is 23.5 Å². The molecule has 1 aliphatic heterocycles. The monoisotopic (exact) mass is 304 g/mol. The third kappa shape index (κ3) is 4.08. The lowest BCUT2D eigenvalue weighted by atomic mass is 9.92. The van der Waals surface area contributed by atoms with Crippen LogP contribution >= 0.6 is 0 Å². The van der Waals surface area contributed by atoms with Crippen LogP contribution < -0.4 is 11.1 Å². The molecule has 1 aromatic rings. The van der Waals surface area contributed by atoms with E-state index in [1.165, 1.54) is 0 Å². The maximum absolute atomic E-state index is 12.4. The summed E-state index contributed by atoms with van der Waals surface area (Å²) in [4.78, 5) is 12.4. The van der Waals surface area contributed by atoms with Gasteiger partial charge in [0.1, 0.15) is 0 Å². The van der Waals surface area contributed by atoms with Crippen molar-refractivity contribution < 1.29 is 9.53 Å². The minimum atomic E-state index is -0.276. The number of hydrogen-bond donors (Lipinski definition) is 2. The first-order valence-corrected chi connectivity index (χ1v) is 8.20. The smallest absolute Gasteiger partial charge is 0.224 e. The van der Waals surface area contributed by atoms with Gasteiger partial charge in [-0.3, -0.25) is 4.79 Å². The fourth-order valence-corrected chi connectivity index (χ4v) is 3.13. The molecule has 1 aromatic carbocycles. The molecule has 4 unspecified atom stereocenters. The summed E-state index contributed by atoms with van der Waals surface area (Å²) in [6.45, 7) is 7.69. The lowest BCUT2D eigenvalue weighted by molar-refractivity contribution is -0.125. The molecule has 1 amide bonds. The van der Waals surface area contributed by atoms with Crippen LogP contribution in [0.2, 0.25) is 0 Å². The molecule has 1 saturated heterocycles. The van der Waals surface area contributed by atoms with Gasteiger partial charge in [0.15, 0.2) is 0 Å². The maximum Gasteiger partial charge on any atom is 0.224 e. The van der Waals surface area contributed by atoms with Crippen LogP contribution in [0.1, 0.15) is 38.8 Å². The van der Waals surface area contributed by atoms with Crippen molar-refractivity contribution in [2.45, 2.75) is 39.3 Å². The van der Waals surface area contributed by atoms with Crippen LogP contribution in [0.5, 0.6) is 0 Å². The summed E-state index contributed by atoms with van der Waals surface area (Å²) in [5.41, 5.74) is 7.21. The van der Waals surface area contributed by atoms with E-state index in [4.69, 9.17) is 10.5 Å². The molecule has 22 heavy (non-hydrogen) atoms. The van der Waals surface area contributed by atoms with E-state index in [9.17, 15) is 4.79 Å². The second-order valence-corrected chi connectivity index (χ2v) is 6.60. The topological polar surface area (TPSA) is 64.3 Å². The highest BCUT2D eigenvalue weighted by Gasteiger charge is 2.31. The number of nitrogens with one attached hydrogen (secondary N) is 1. The molecule has 1 fully saturated rings. The zero-order valence-electron chi connectivity index (χ0n) is 13.8. The maximum atomic E-state index is 12.4. The summed E-state index contributed by atoms with van der Waals surface area (Å²) >= 11 is 0. The Kier molecular flexibility index (Phi) is 5.98. The van der Waals surface area contributed by atoms with Crippen LogP contribution in [0.3, 0.4) is 0 Å². The molecular weight excluding hydrogens is 276 g/mol. The van der Waals surface area contributed by atoms with E-state index in [0.29, 0.717) is 18.4 Å². The third-order valence-corrected chi connectivity index (χ3v) is 4.60. The lowest BCUT2D eigenvalue weighted by Crippen LogP contribution is -2.40. The van der Waals surface area contributed by atoms with E-state index < -0.39 is 0 Å². The minimum Gasteiger partial charge on any atom is -0.378 e. The van der Waals surface area contributed by atoms with Crippen LogP contribution in [0.25, 0.3) is 0 Å². The van der Waals surface area contributed by atoms with Crippen molar-refractivity contribution in [3.05, 3.63) is 35.9 Å². The predicted octanol–water partition coefficient (Wildman–Crippen LogP) is 2.50. The number of carbonyl (C=O) groups is 1. The lowest BCUT2D eigenvalue weighted by Gasteiger charge is -2.24. The fourth-order valence-electron chi connectivity index (χ4n) is 3.13. The molecule has 0 saturated carbocycles. The molecule has 0 bridgehead atoms. The van der Waals surface area contributed by atoms with Gasteiger partial charge in [0.2, 0.25) is 5.91 Å². The molecule has 4 heteroatoms. The van der Waals surface area contributed by atoms with Crippen LogP contribution in [0.15, 0.2) is 30.3 Å². The molecular formula is C18H28N2O2. The van der Waals surface area contributed by atoms with Gasteiger partial charge in [-0.2, -0.15) is 0 Å². The Morgan fingerprint density at radius 3 is 2.64 bits per heavy atom. The zero-order chi connectivity index (χ0) is 16.1. The van der Waals surface area contributed by atoms with Crippen LogP contribution in [-0.4, -0.2) is 25.2 Å². The molecule has 1 aliphatic rings. The van der Waals surface area contributed by atoms with E-state index in [-0.39, 0.29) is 24.0 Å². The fraction of sp³-hybridized carbons (Fsp3) is 0.611. The second-order valence-electron chi connectivity index (χ2n) is 6.60. The first-order valence-electron chi connectivity index (χ1n) is 8.20. The Morgan fingerprint density at radius 1 is 1.32 bits per heavy atom. The summed E-state index contributed by atoms with van der Waals surface area (Å²) in [7, 11) is 0. The minimum absolute atomic E-state index is 0.0192. The Hall–Kier alpha value is -1.39. The Bertz CT molecular complexity index is 475. The van der Waals surface area contributed by atoms with Crippen molar-refractivity contribution in [3.8, 4) is 0 Å². The zero-order valence-corrected chi connectivity index (χ0v) is 13.8. The highest BCUT2D eigenvalue weighted by molar-refractivity contribution is 5.79. The average molecular weight is 304 g/mol. The number of ether oxygens (including phenoxy) is 1. The Morgan fingerprint density at radius 2 is 2.00 bits per heavy atom. The van der Waals surface area contributed by atoms with E-state index in [1.807, 2.05) is 37.3 Å². The molecule has 4 atom stereocenters. The van der Waals surface area contributed by atoms with Crippen molar-refractivity contribution >= 4 is 5.91 Å². The molecule has 122 valence electrons. The predicted molar refractivity (Wildman–Crippen MR) is 88.2 cm³/mol. The third-order valence-electron chi connectivity index (χ3n) is 4.60. The van der Waals surface area contributed by atoms with Gasteiger partial charge in [0.05, 0.1) is 12.0 Å². The number of carbonyl (C=O) groups excluding carboxylic acids is 1. The van der Waals surface area contributed by atoms with Crippen molar-refractivity contribution in [2.75, 3.05) is 13.2 Å². The van der Waals surface area contributed by atoms with Crippen molar-refractivity contribution in [3.63, 3.8) is 0 Å². The largest absolute Gasteiger partial charge is 0.378 e. The van der Waals surface area contributed by atoms with Gasteiger partial charge in [0.25, 0.3) is 0 Å². The van der Waals surface area contributed by atoms with E-state index in [2.05, 4.69) is 19.2 Å². The first-order chi connectivity index (χ1) is 10.5. The number of nitrogens with two attached hydrogens (primary N) is 1. The number of hydrogen-bond acceptors (Lipinski definition) is 3. The Labute approximate surface area is 133 Å². The van der Waals surface area contributed by atoms with Crippen molar-refractivity contribution in [1.29, 1.82) is 0 Å². The molecule has 4 nitrogen and oxygen atoms in total. The summed E-state index contributed by atoms with van der Waals surface area (Å²) < 4.78 is 5.76. The summed E-state index contributed by atoms with van der Waals surface area (Å²) in [5, 5.41) is 3.06. The van der Waals surface area contributed by atoms with E-state index >= 15 is 0 Å². The molecule has 0 aliphatic carbocycles. The van der Waals surface area contributed by atoms with Gasteiger partial charge in [-0.1, -0.05) is 51.1 Å². The Balaban J connectivity index is 1.86. The standard InChI is InChI=1S/C18H28N2O2/c1-12(2)17-15(9-10-22-17)11-20-18(21)13(3)16(19)14-7-5-4-6-8-14/h4-8,12-13,15-17H,9-11,19H2,1-3H3,(H,20,21). The van der Waals surface area contributed by atoms with Gasteiger partial charge in [0, 0.05) is 25.1 Å². The molecule has 0 radical (unpaired) electrons. The van der Waals surface area contributed by atoms with E-state index in [0.717, 1.165) is 18.6 Å². The van der Waals surface area contributed by atoms with Crippen LogP contribution in [-0.2, 0) is 9.53 Å². The second kappa shape index (κ2) is 7.75. The quantitative estimate of drug-likeness (QED) is 0.848. The molecule has 0 spiro atoms. The number of rotatable bonds is 6. The van der Waals surface area contributed by atoms with Gasteiger partial charge < -0.3 is 15.8 Å². The van der Waals surface area contributed by atoms with Gasteiger partial charge in [-0.25, -0.2) is 0 Å². The van der Waals surface area contributed by atoms with Crippen LogP contribution in [0, 0.1) is 17.8 Å². The average Bonchev–Trinajstić information content (AvgIpc) is 3.00. The van der Waals surface area contributed by atoms with E-state index in [1.54, 1.807) is 0 Å². The normalized spacial score (nSPS) is 24.2. The summed E-state index contributed by atoms with van der Waals surface area (Å²) in [6.07, 6.45) is 1.26. The summed E-state index contributed by atoms with van der Waals surface area (Å²) in [6, 6.07) is 9.50. The highest BCUT2D eigenvalue weighted by atomic mass is 16.5. The number of amides is 1. The van der Waals surface area contributed by atoms with Gasteiger partial charge in [-0.05, 0) is 17.9 Å². The SMILES string of the molecule is CC(C)C1OCCC1CNC(=O)C(C)C(N)c1ccccc1. The number of benzene rings is 1. The van der Waals surface area contributed by atoms with Gasteiger partial charge >= 0.3 is 0 Å². The molecule has 1 heterocycles. The highest BCUT2D eigenvalue weighted by Crippen LogP contribution is 2.26. The van der Waals surface area contributed by atoms with Crippen LogP contribution in [0.4, 0.5) is 0 Å². The van der Waals surface area contributed by atoms with Gasteiger partial charge in [-0.15, -0.1) is 0 Å².